The van der Waals surface area contributed by atoms with E-state index >= 15 is 0 Å². The summed E-state index contributed by atoms with van der Waals surface area (Å²) in [7, 11) is 0. The molecule has 0 aliphatic rings. The number of aromatic nitrogens is 3. The molecule has 2 heterocycles. The van der Waals surface area contributed by atoms with E-state index < -0.39 is 4.92 Å². The van der Waals surface area contributed by atoms with Crippen LogP contribution in [0.5, 0.6) is 11.5 Å². The Morgan fingerprint density at radius 1 is 1.30 bits per heavy atom. The van der Waals surface area contributed by atoms with Gasteiger partial charge in [0.25, 0.3) is 5.69 Å². The van der Waals surface area contributed by atoms with Gasteiger partial charge >= 0.3 is 0 Å². The maximum absolute atomic E-state index is 12.2. The van der Waals surface area contributed by atoms with Crippen molar-refractivity contribution in [1.29, 1.82) is 0 Å². The van der Waals surface area contributed by atoms with Crippen molar-refractivity contribution in [2.24, 2.45) is 0 Å². The molecule has 0 atom stereocenters. The van der Waals surface area contributed by atoms with Crippen LogP contribution in [0, 0.1) is 10.1 Å². The molecular weight excluding hydrogens is 418 g/mol. The minimum absolute atomic E-state index is 0.162. The van der Waals surface area contributed by atoms with Gasteiger partial charge < -0.3 is 10.1 Å². The zero-order valence-electron chi connectivity index (χ0n) is 13.9. The standard InChI is InChI=1S/C17H14BrN5O4/c18-12-9-20-22(11-12)5-3-17(24)21-13-6-14(23(25)26)8-16(7-13)27-15-2-1-4-19-10-15/h1-2,4,6-11H,3,5H2,(H,21,24). The van der Waals surface area contributed by atoms with Crippen LogP contribution in [0.1, 0.15) is 6.42 Å². The predicted octanol–water partition coefficient (Wildman–Crippen LogP) is 3.77. The third-order valence-electron chi connectivity index (χ3n) is 3.43. The Morgan fingerprint density at radius 3 is 2.81 bits per heavy atom. The van der Waals surface area contributed by atoms with E-state index in [0.29, 0.717) is 12.3 Å². The number of nitrogens with zero attached hydrogens (tertiary/aromatic N) is 4. The highest BCUT2D eigenvalue weighted by molar-refractivity contribution is 9.10. The Hall–Kier alpha value is -3.27. The first-order valence-electron chi connectivity index (χ1n) is 7.85. The highest BCUT2D eigenvalue weighted by Gasteiger charge is 2.13. The van der Waals surface area contributed by atoms with Gasteiger partial charge in [-0.15, -0.1) is 0 Å². The molecule has 0 spiro atoms. The molecule has 1 amide bonds. The number of aryl methyl sites for hydroxylation is 1. The molecule has 0 radical (unpaired) electrons. The van der Waals surface area contributed by atoms with E-state index in [1.807, 2.05) is 0 Å². The number of hydrogen-bond donors (Lipinski definition) is 1. The number of ether oxygens (including phenoxy) is 1. The van der Waals surface area contributed by atoms with Gasteiger partial charge in [-0.05, 0) is 28.1 Å². The van der Waals surface area contributed by atoms with Crippen LogP contribution in [-0.2, 0) is 11.3 Å². The molecule has 138 valence electrons. The molecule has 3 aromatic rings. The van der Waals surface area contributed by atoms with Gasteiger partial charge in [0.05, 0.1) is 33.5 Å². The van der Waals surface area contributed by atoms with Crippen LogP contribution in [-0.4, -0.2) is 25.6 Å². The fourth-order valence-electron chi connectivity index (χ4n) is 2.26. The van der Waals surface area contributed by atoms with Gasteiger partial charge in [-0.2, -0.15) is 5.10 Å². The molecule has 9 nitrogen and oxygen atoms in total. The molecule has 27 heavy (non-hydrogen) atoms. The van der Waals surface area contributed by atoms with E-state index in [2.05, 4.69) is 31.3 Å². The van der Waals surface area contributed by atoms with Gasteiger partial charge in [-0.1, -0.05) is 0 Å². The summed E-state index contributed by atoms with van der Waals surface area (Å²) in [6.07, 6.45) is 6.61. The van der Waals surface area contributed by atoms with Crippen molar-refractivity contribution in [1.82, 2.24) is 14.8 Å². The minimum atomic E-state index is -0.549. The largest absolute Gasteiger partial charge is 0.455 e. The van der Waals surface area contributed by atoms with Crippen molar-refractivity contribution >= 4 is 33.2 Å². The quantitative estimate of drug-likeness (QED) is 0.449. The maximum atomic E-state index is 12.2. The number of benzene rings is 1. The molecule has 1 aromatic carbocycles. The lowest BCUT2D eigenvalue weighted by molar-refractivity contribution is -0.384. The second kappa shape index (κ2) is 8.41. The van der Waals surface area contributed by atoms with Crippen LogP contribution >= 0.6 is 15.9 Å². The summed E-state index contributed by atoms with van der Waals surface area (Å²) < 4.78 is 8.02. The van der Waals surface area contributed by atoms with Gasteiger partial charge in [-0.3, -0.25) is 24.6 Å². The first-order valence-corrected chi connectivity index (χ1v) is 8.64. The fourth-order valence-corrected chi connectivity index (χ4v) is 2.59. The molecule has 0 saturated carbocycles. The summed E-state index contributed by atoms with van der Waals surface area (Å²) in [4.78, 5) is 26.7. The Kier molecular flexibility index (Phi) is 5.77. The van der Waals surface area contributed by atoms with Crippen LogP contribution in [0.15, 0.2) is 59.6 Å². The second-order valence-electron chi connectivity index (χ2n) is 5.48. The number of nitrogens with one attached hydrogen (secondary N) is 1. The van der Waals surface area contributed by atoms with E-state index in [1.54, 1.807) is 35.4 Å². The summed E-state index contributed by atoms with van der Waals surface area (Å²) in [6, 6.07) is 7.43. The van der Waals surface area contributed by atoms with E-state index in [0.717, 1.165) is 4.47 Å². The molecule has 10 heteroatoms. The lowest BCUT2D eigenvalue weighted by Gasteiger charge is -2.09. The summed E-state index contributed by atoms with van der Waals surface area (Å²) >= 11 is 3.28. The van der Waals surface area contributed by atoms with Gasteiger partial charge in [0, 0.05) is 37.5 Å². The van der Waals surface area contributed by atoms with Crippen molar-refractivity contribution in [3.05, 3.63) is 69.7 Å². The molecule has 0 unspecified atom stereocenters. The molecule has 0 saturated heterocycles. The molecule has 3 rings (SSSR count). The smallest absolute Gasteiger partial charge is 0.275 e. The zero-order valence-corrected chi connectivity index (χ0v) is 15.5. The molecule has 2 aromatic heterocycles. The van der Waals surface area contributed by atoms with Gasteiger partial charge in [0.2, 0.25) is 5.91 Å². The fraction of sp³-hybridized carbons (Fsp3) is 0.118. The monoisotopic (exact) mass is 431 g/mol. The number of carbonyl (C=O) groups is 1. The van der Waals surface area contributed by atoms with Crippen molar-refractivity contribution in [3.8, 4) is 11.5 Å². The van der Waals surface area contributed by atoms with E-state index in [1.165, 1.54) is 24.4 Å². The predicted molar refractivity (Wildman–Crippen MR) is 101 cm³/mol. The van der Waals surface area contributed by atoms with Gasteiger partial charge in [-0.25, -0.2) is 0 Å². The molecule has 0 bridgehead atoms. The van der Waals surface area contributed by atoms with Crippen LogP contribution < -0.4 is 10.1 Å². The number of amides is 1. The zero-order chi connectivity index (χ0) is 19.2. The first kappa shape index (κ1) is 18.5. The van der Waals surface area contributed by atoms with E-state index in [-0.39, 0.29) is 29.5 Å². The average Bonchev–Trinajstić information content (AvgIpc) is 3.06. The number of halogens is 1. The number of hydrogen-bond acceptors (Lipinski definition) is 6. The van der Waals surface area contributed by atoms with Crippen molar-refractivity contribution < 1.29 is 14.5 Å². The van der Waals surface area contributed by atoms with Crippen LogP contribution in [0.3, 0.4) is 0 Å². The first-order chi connectivity index (χ1) is 13.0. The number of nitro benzene ring substituents is 1. The molecule has 0 fully saturated rings. The van der Waals surface area contributed by atoms with E-state index in [4.69, 9.17) is 4.74 Å². The molecule has 1 N–H and O–H groups in total. The number of rotatable bonds is 7. The number of pyridine rings is 1. The lowest BCUT2D eigenvalue weighted by atomic mass is 10.2. The summed E-state index contributed by atoms with van der Waals surface area (Å²) in [6.45, 7) is 0.380. The second-order valence-corrected chi connectivity index (χ2v) is 6.40. The van der Waals surface area contributed by atoms with Crippen LogP contribution in [0.4, 0.5) is 11.4 Å². The third-order valence-corrected chi connectivity index (χ3v) is 3.84. The topological polar surface area (TPSA) is 112 Å². The number of carbonyl (C=O) groups excluding carboxylic acids is 1. The van der Waals surface area contributed by atoms with Gasteiger partial charge in [0.15, 0.2) is 0 Å². The van der Waals surface area contributed by atoms with Crippen molar-refractivity contribution in [3.63, 3.8) is 0 Å². The summed E-state index contributed by atoms with van der Waals surface area (Å²) in [5.74, 6) is 0.359. The van der Waals surface area contributed by atoms with Crippen LogP contribution in [0.2, 0.25) is 0 Å². The number of nitro groups is 1. The van der Waals surface area contributed by atoms with Crippen molar-refractivity contribution in [2.45, 2.75) is 13.0 Å². The number of anilines is 1. The Bertz CT molecular complexity index is 961. The summed E-state index contributed by atoms with van der Waals surface area (Å²) in [5.41, 5.74) is 0.0810. The van der Waals surface area contributed by atoms with Crippen molar-refractivity contribution in [2.75, 3.05) is 5.32 Å². The van der Waals surface area contributed by atoms with Crippen LogP contribution in [0.25, 0.3) is 0 Å². The summed E-state index contributed by atoms with van der Waals surface area (Å²) in [5, 5.41) is 17.9. The maximum Gasteiger partial charge on any atom is 0.275 e. The Labute approximate surface area is 162 Å². The van der Waals surface area contributed by atoms with Gasteiger partial charge in [0.1, 0.15) is 11.5 Å². The molecular formula is C17H14BrN5O4. The normalized spacial score (nSPS) is 10.4. The third kappa shape index (κ3) is 5.35. The average molecular weight is 432 g/mol. The Balaban J connectivity index is 1.71. The number of non-ortho nitro benzene ring substituents is 1. The molecule has 0 aliphatic heterocycles. The SMILES string of the molecule is O=C(CCn1cc(Br)cn1)Nc1cc(Oc2cccnc2)cc([N+](=O)[O-])c1. The lowest BCUT2D eigenvalue weighted by Crippen LogP contribution is -2.14. The highest BCUT2D eigenvalue weighted by atomic mass is 79.9. The minimum Gasteiger partial charge on any atom is -0.455 e. The van der Waals surface area contributed by atoms with E-state index in [9.17, 15) is 14.9 Å². The molecule has 0 aliphatic carbocycles. The highest BCUT2D eigenvalue weighted by Crippen LogP contribution is 2.29. The Morgan fingerprint density at radius 2 is 2.15 bits per heavy atom.